The molecule has 2 rings (SSSR count). The molecular weight excluding hydrogens is 262 g/mol. The van der Waals surface area contributed by atoms with Crippen molar-refractivity contribution in [2.75, 3.05) is 26.4 Å². The van der Waals surface area contributed by atoms with Crippen LogP contribution < -0.4 is 5.32 Å². The van der Waals surface area contributed by atoms with Gasteiger partial charge in [-0.1, -0.05) is 11.8 Å². The Morgan fingerprint density at radius 2 is 2.53 bits per heavy atom. The Morgan fingerprint density at radius 1 is 1.63 bits per heavy atom. The van der Waals surface area contributed by atoms with Crippen LogP contribution >= 0.6 is 11.3 Å². The third-order valence-corrected chi connectivity index (χ3v) is 3.80. The van der Waals surface area contributed by atoms with Crippen LogP contribution in [0.5, 0.6) is 0 Å². The van der Waals surface area contributed by atoms with Crippen molar-refractivity contribution in [3.63, 3.8) is 0 Å². The lowest BCUT2D eigenvalue weighted by Crippen LogP contribution is -2.33. The Morgan fingerprint density at radius 3 is 3.26 bits per heavy atom. The molecule has 1 unspecified atom stereocenters. The van der Waals surface area contributed by atoms with Crippen molar-refractivity contribution < 1.29 is 14.6 Å². The van der Waals surface area contributed by atoms with Crippen LogP contribution in [0.25, 0.3) is 0 Å². The number of hydrogen-bond donors (Lipinski definition) is 2. The van der Waals surface area contributed by atoms with E-state index in [1.54, 1.807) is 11.4 Å². The first-order valence-corrected chi connectivity index (χ1v) is 7.22. The van der Waals surface area contributed by atoms with Gasteiger partial charge in [0.15, 0.2) is 0 Å². The molecule has 0 aromatic carbocycles. The number of nitrogens with one attached hydrogen (secondary N) is 1. The van der Waals surface area contributed by atoms with E-state index in [-0.39, 0.29) is 12.5 Å². The van der Waals surface area contributed by atoms with Crippen LogP contribution in [0.3, 0.4) is 0 Å². The highest BCUT2D eigenvalue weighted by atomic mass is 32.1. The molecule has 1 aliphatic heterocycles. The summed E-state index contributed by atoms with van der Waals surface area (Å²) in [6.45, 7) is 2.06. The highest BCUT2D eigenvalue weighted by molar-refractivity contribution is 7.10. The molecule has 4 nitrogen and oxygen atoms in total. The maximum Gasteiger partial charge on any atom is 0.252 e. The summed E-state index contributed by atoms with van der Waals surface area (Å²) >= 11 is 1.41. The minimum atomic E-state index is -0.166. The quantitative estimate of drug-likeness (QED) is 0.819. The molecule has 1 aromatic heterocycles. The molecule has 1 aromatic rings. The highest BCUT2D eigenvalue weighted by Crippen LogP contribution is 2.15. The fraction of sp³-hybridized carbons (Fsp3) is 0.500. The lowest BCUT2D eigenvalue weighted by Gasteiger charge is -2.22. The van der Waals surface area contributed by atoms with Crippen molar-refractivity contribution in [3.8, 4) is 11.8 Å². The van der Waals surface area contributed by atoms with Crippen LogP contribution in [-0.2, 0) is 4.74 Å². The monoisotopic (exact) mass is 279 g/mol. The molecule has 0 radical (unpaired) electrons. The smallest absolute Gasteiger partial charge is 0.252 e. The number of aliphatic hydroxyl groups is 1. The number of rotatable bonds is 3. The summed E-state index contributed by atoms with van der Waals surface area (Å²) in [6.07, 6.45) is 2.18. The van der Waals surface area contributed by atoms with Crippen molar-refractivity contribution in [2.24, 2.45) is 5.92 Å². The lowest BCUT2D eigenvalue weighted by atomic mass is 10.0. The number of thiophene rings is 1. The second-order valence-electron chi connectivity index (χ2n) is 4.45. The van der Waals surface area contributed by atoms with E-state index in [4.69, 9.17) is 9.84 Å². The highest BCUT2D eigenvalue weighted by Gasteiger charge is 2.15. The average Bonchev–Trinajstić information content (AvgIpc) is 2.92. The number of hydrogen-bond acceptors (Lipinski definition) is 4. The summed E-state index contributed by atoms with van der Waals surface area (Å²) in [4.78, 5) is 12.7. The van der Waals surface area contributed by atoms with Gasteiger partial charge in [-0.05, 0) is 24.8 Å². The Kier molecular flexibility index (Phi) is 5.40. The Labute approximate surface area is 116 Å². The van der Waals surface area contributed by atoms with Gasteiger partial charge >= 0.3 is 0 Å². The fourth-order valence-electron chi connectivity index (χ4n) is 1.95. The van der Waals surface area contributed by atoms with Crippen LogP contribution in [0.4, 0.5) is 0 Å². The van der Waals surface area contributed by atoms with E-state index in [9.17, 15) is 4.79 Å². The van der Waals surface area contributed by atoms with Crippen molar-refractivity contribution in [1.29, 1.82) is 0 Å². The van der Waals surface area contributed by atoms with Gasteiger partial charge in [0.05, 0.1) is 17.0 Å². The topological polar surface area (TPSA) is 58.6 Å². The third kappa shape index (κ3) is 4.35. The summed E-state index contributed by atoms with van der Waals surface area (Å²) in [5.74, 6) is 5.71. The average molecular weight is 279 g/mol. The van der Waals surface area contributed by atoms with E-state index in [0.29, 0.717) is 18.0 Å². The van der Waals surface area contributed by atoms with Gasteiger partial charge in [0, 0.05) is 18.5 Å². The van der Waals surface area contributed by atoms with E-state index < -0.39 is 0 Å². The van der Waals surface area contributed by atoms with E-state index in [1.807, 2.05) is 0 Å². The van der Waals surface area contributed by atoms with Gasteiger partial charge in [0.1, 0.15) is 6.61 Å². The molecule has 5 heteroatoms. The summed E-state index contributed by atoms with van der Waals surface area (Å²) < 4.78 is 5.38. The van der Waals surface area contributed by atoms with Crippen LogP contribution in [0.1, 0.15) is 28.1 Å². The van der Waals surface area contributed by atoms with E-state index in [2.05, 4.69) is 17.2 Å². The summed E-state index contributed by atoms with van der Waals surface area (Å²) in [5, 5.41) is 13.3. The maximum absolute atomic E-state index is 11.9. The van der Waals surface area contributed by atoms with Gasteiger partial charge in [-0.15, -0.1) is 11.3 Å². The normalized spacial score (nSPS) is 18.5. The number of carbonyl (C=O) groups is 1. The number of ether oxygens (including phenoxy) is 1. The zero-order valence-electron chi connectivity index (χ0n) is 10.6. The fourth-order valence-corrected chi connectivity index (χ4v) is 2.71. The number of amides is 1. The zero-order chi connectivity index (χ0) is 13.5. The van der Waals surface area contributed by atoms with Gasteiger partial charge in [0.2, 0.25) is 0 Å². The Bertz CT molecular complexity index is 480. The Hall–Kier alpha value is -1.35. The molecule has 0 bridgehead atoms. The lowest BCUT2D eigenvalue weighted by molar-refractivity contribution is 0.0536. The second kappa shape index (κ2) is 7.29. The molecule has 1 fully saturated rings. The van der Waals surface area contributed by atoms with Gasteiger partial charge in [0.25, 0.3) is 5.91 Å². The van der Waals surface area contributed by atoms with Crippen LogP contribution in [0.15, 0.2) is 11.4 Å². The summed E-state index contributed by atoms with van der Waals surface area (Å²) in [7, 11) is 0. The summed E-state index contributed by atoms with van der Waals surface area (Å²) in [6, 6.07) is 1.75. The van der Waals surface area contributed by atoms with Crippen LogP contribution in [0.2, 0.25) is 0 Å². The van der Waals surface area contributed by atoms with E-state index >= 15 is 0 Å². The van der Waals surface area contributed by atoms with Crippen LogP contribution in [0, 0.1) is 17.8 Å². The van der Waals surface area contributed by atoms with Gasteiger partial charge in [-0.25, -0.2) is 0 Å². The van der Waals surface area contributed by atoms with Gasteiger partial charge in [-0.3, -0.25) is 4.79 Å². The molecule has 0 saturated carbocycles. The van der Waals surface area contributed by atoms with Crippen LogP contribution in [-0.4, -0.2) is 37.4 Å². The van der Waals surface area contributed by atoms with Gasteiger partial charge in [-0.2, -0.15) is 0 Å². The zero-order valence-corrected chi connectivity index (χ0v) is 11.5. The standard InChI is InChI=1S/C14H17NO3S/c16-5-1-4-13-7-12(10-19-13)14(17)15-8-11-3-2-6-18-9-11/h7,10-11,16H,2-3,5-6,8-9H2,(H,15,17). The molecular formula is C14H17NO3S. The minimum absolute atomic E-state index is 0.0705. The molecule has 2 heterocycles. The van der Waals surface area contributed by atoms with E-state index in [0.717, 1.165) is 30.9 Å². The molecule has 1 atom stereocenters. The molecule has 1 saturated heterocycles. The molecule has 0 aliphatic carbocycles. The van der Waals surface area contributed by atoms with Crippen molar-refractivity contribution in [1.82, 2.24) is 5.32 Å². The number of carbonyl (C=O) groups excluding carboxylic acids is 1. The molecule has 19 heavy (non-hydrogen) atoms. The summed E-state index contributed by atoms with van der Waals surface area (Å²) in [5.41, 5.74) is 0.629. The molecule has 102 valence electrons. The maximum atomic E-state index is 11.9. The Balaban J connectivity index is 1.83. The van der Waals surface area contributed by atoms with Crippen molar-refractivity contribution in [3.05, 3.63) is 21.9 Å². The number of aliphatic hydroxyl groups excluding tert-OH is 1. The van der Waals surface area contributed by atoms with Crippen molar-refractivity contribution in [2.45, 2.75) is 12.8 Å². The molecule has 1 amide bonds. The largest absolute Gasteiger partial charge is 0.384 e. The predicted molar refractivity (Wildman–Crippen MR) is 74.2 cm³/mol. The molecule has 1 aliphatic rings. The third-order valence-electron chi connectivity index (χ3n) is 2.96. The minimum Gasteiger partial charge on any atom is -0.384 e. The van der Waals surface area contributed by atoms with Crippen molar-refractivity contribution >= 4 is 17.2 Å². The first kappa shape index (κ1) is 14.1. The first-order chi connectivity index (χ1) is 9.29. The SMILES string of the molecule is O=C(NCC1CCCOC1)c1csc(C#CCO)c1. The second-order valence-corrected chi connectivity index (χ2v) is 5.36. The predicted octanol–water partition coefficient (Wildman–Crippen LogP) is 1.25. The molecule has 2 N–H and O–H groups in total. The van der Waals surface area contributed by atoms with Gasteiger partial charge < -0.3 is 15.2 Å². The first-order valence-electron chi connectivity index (χ1n) is 6.34. The molecule has 0 spiro atoms. The van der Waals surface area contributed by atoms with E-state index in [1.165, 1.54) is 11.3 Å².